The van der Waals surface area contributed by atoms with Crippen LogP contribution in [-0.2, 0) is 0 Å². The van der Waals surface area contributed by atoms with Crippen molar-refractivity contribution in [2.45, 2.75) is 32.8 Å². The van der Waals surface area contributed by atoms with Crippen molar-refractivity contribution in [2.75, 3.05) is 18.1 Å². The first kappa shape index (κ1) is 17.0. The second kappa shape index (κ2) is 6.61. The minimum absolute atomic E-state index is 0.244. The Balaban J connectivity index is 1.76. The largest absolute Gasteiger partial charge is 0.387 e. The average Bonchev–Trinajstić information content (AvgIpc) is 3.11. The highest BCUT2D eigenvalue weighted by molar-refractivity contribution is 7.99. The minimum atomic E-state index is -0.786. The maximum Gasteiger partial charge on any atom is 0.271 e. The van der Waals surface area contributed by atoms with E-state index in [-0.39, 0.29) is 12.5 Å². The standard InChI is InChI=1S/C18H23N3O2S/c1-12-6-13(2)8-15(7-12)21-14(3)9-16(20-21)17(22)19-10-18(23)4-5-24-11-18/h6-9,23H,4-5,10-11H2,1-3H3,(H,19,22)/t18-/m0/s1. The molecule has 0 unspecified atom stereocenters. The van der Waals surface area contributed by atoms with Crippen molar-refractivity contribution in [1.29, 1.82) is 0 Å². The first-order chi connectivity index (χ1) is 11.4. The summed E-state index contributed by atoms with van der Waals surface area (Å²) in [5, 5.41) is 17.6. The van der Waals surface area contributed by atoms with E-state index in [1.807, 2.05) is 32.9 Å². The van der Waals surface area contributed by atoms with Crippen molar-refractivity contribution < 1.29 is 9.90 Å². The number of benzene rings is 1. The van der Waals surface area contributed by atoms with Crippen LogP contribution in [-0.4, -0.2) is 44.4 Å². The van der Waals surface area contributed by atoms with Gasteiger partial charge in [0.05, 0.1) is 11.3 Å². The summed E-state index contributed by atoms with van der Waals surface area (Å²) in [5.74, 6) is 1.36. The summed E-state index contributed by atoms with van der Waals surface area (Å²) in [6.45, 7) is 6.30. The Bertz CT molecular complexity index is 743. The smallest absolute Gasteiger partial charge is 0.271 e. The molecule has 2 heterocycles. The number of carbonyl (C=O) groups excluding carboxylic acids is 1. The topological polar surface area (TPSA) is 67.2 Å². The summed E-state index contributed by atoms with van der Waals surface area (Å²) in [5.41, 5.74) is 3.76. The molecule has 2 N–H and O–H groups in total. The molecule has 2 aromatic rings. The van der Waals surface area contributed by atoms with Gasteiger partial charge in [0.2, 0.25) is 0 Å². The van der Waals surface area contributed by atoms with Crippen LogP contribution in [0.25, 0.3) is 5.69 Å². The van der Waals surface area contributed by atoms with Crippen LogP contribution in [0.3, 0.4) is 0 Å². The third kappa shape index (κ3) is 3.65. The molecule has 0 spiro atoms. The fourth-order valence-electron chi connectivity index (χ4n) is 2.99. The maximum atomic E-state index is 12.4. The Morgan fingerprint density at radius 3 is 2.62 bits per heavy atom. The van der Waals surface area contributed by atoms with E-state index in [1.165, 1.54) is 0 Å². The van der Waals surface area contributed by atoms with E-state index >= 15 is 0 Å². The molecule has 1 aromatic heterocycles. The predicted octanol–water partition coefficient (Wildman–Crippen LogP) is 2.40. The van der Waals surface area contributed by atoms with E-state index in [0.717, 1.165) is 28.3 Å². The van der Waals surface area contributed by atoms with Crippen LogP contribution in [0.1, 0.15) is 33.7 Å². The monoisotopic (exact) mass is 345 g/mol. The van der Waals surface area contributed by atoms with Crippen LogP contribution in [0.2, 0.25) is 0 Å². The first-order valence-electron chi connectivity index (χ1n) is 8.10. The van der Waals surface area contributed by atoms with Crippen molar-refractivity contribution in [1.82, 2.24) is 15.1 Å². The van der Waals surface area contributed by atoms with Crippen LogP contribution < -0.4 is 5.32 Å². The molecule has 1 atom stereocenters. The van der Waals surface area contributed by atoms with Crippen molar-refractivity contribution in [3.8, 4) is 5.69 Å². The zero-order chi connectivity index (χ0) is 17.3. The van der Waals surface area contributed by atoms with Gasteiger partial charge in [-0.2, -0.15) is 16.9 Å². The van der Waals surface area contributed by atoms with E-state index in [9.17, 15) is 9.90 Å². The summed E-state index contributed by atoms with van der Waals surface area (Å²) in [6, 6.07) is 7.98. The Morgan fingerprint density at radius 1 is 1.29 bits per heavy atom. The van der Waals surface area contributed by atoms with Crippen molar-refractivity contribution >= 4 is 17.7 Å². The lowest BCUT2D eigenvalue weighted by molar-refractivity contribution is 0.0610. The van der Waals surface area contributed by atoms with Gasteiger partial charge >= 0.3 is 0 Å². The van der Waals surface area contributed by atoms with Gasteiger partial charge in [-0.1, -0.05) is 6.07 Å². The van der Waals surface area contributed by atoms with E-state index in [4.69, 9.17) is 0 Å². The fourth-order valence-corrected chi connectivity index (χ4v) is 4.29. The maximum absolute atomic E-state index is 12.4. The lowest BCUT2D eigenvalue weighted by atomic mass is 10.0. The van der Waals surface area contributed by atoms with E-state index in [0.29, 0.717) is 17.9 Å². The molecule has 0 radical (unpaired) electrons. The zero-order valence-corrected chi connectivity index (χ0v) is 15.1. The van der Waals surface area contributed by atoms with Gasteiger partial charge in [-0.25, -0.2) is 4.68 Å². The summed E-state index contributed by atoms with van der Waals surface area (Å²) < 4.78 is 1.79. The zero-order valence-electron chi connectivity index (χ0n) is 14.3. The minimum Gasteiger partial charge on any atom is -0.387 e. The van der Waals surface area contributed by atoms with Gasteiger partial charge in [0.1, 0.15) is 0 Å². The van der Waals surface area contributed by atoms with Crippen molar-refractivity contribution in [2.24, 2.45) is 0 Å². The van der Waals surface area contributed by atoms with Crippen molar-refractivity contribution in [3.05, 3.63) is 46.8 Å². The molecule has 1 aliphatic heterocycles. The number of aryl methyl sites for hydroxylation is 3. The van der Waals surface area contributed by atoms with Gasteiger partial charge in [-0.3, -0.25) is 4.79 Å². The molecule has 1 aliphatic rings. The average molecular weight is 345 g/mol. The number of carbonyl (C=O) groups is 1. The summed E-state index contributed by atoms with van der Waals surface area (Å²) in [7, 11) is 0. The lowest BCUT2D eigenvalue weighted by Crippen LogP contribution is -2.43. The summed E-state index contributed by atoms with van der Waals surface area (Å²) in [4.78, 5) is 12.4. The number of nitrogens with zero attached hydrogens (tertiary/aromatic N) is 2. The molecule has 1 saturated heterocycles. The van der Waals surface area contributed by atoms with Crippen LogP contribution in [0.4, 0.5) is 0 Å². The molecule has 1 amide bonds. The number of thioether (sulfide) groups is 1. The highest BCUT2D eigenvalue weighted by Crippen LogP contribution is 2.27. The number of nitrogens with one attached hydrogen (secondary N) is 1. The van der Waals surface area contributed by atoms with Crippen molar-refractivity contribution in [3.63, 3.8) is 0 Å². The molecule has 6 heteroatoms. The van der Waals surface area contributed by atoms with Gasteiger partial charge in [0, 0.05) is 18.0 Å². The number of amides is 1. The van der Waals surface area contributed by atoms with Gasteiger partial charge in [-0.15, -0.1) is 0 Å². The summed E-state index contributed by atoms with van der Waals surface area (Å²) >= 11 is 1.71. The van der Waals surface area contributed by atoms with Crippen LogP contribution >= 0.6 is 11.8 Å². The van der Waals surface area contributed by atoms with Crippen LogP contribution in [0.5, 0.6) is 0 Å². The Kier molecular flexibility index (Phi) is 4.69. The number of aromatic nitrogens is 2. The molecule has 3 rings (SSSR count). The van der Waals surface area contributed by atoms with Crippen LogP contribution in [0.15, 0.2) is 24.3 Å². The second-order valence-corrected chi connectivity index (χ2v) is 7.74. The summed E-state index contributed by atoms with van der Waals surface area (Å²) in [6.07, 6.45) is 0.716. The Labute approximate surface area is 146 Å². The van der Waals surface area contributed by atoms with E-state index < -0.39 is 5.60 Å². The van der Waals surface area contributed by atoms with E-state index in [2.05, 4.69) is 16.5 Å². The molecular weight excluding hydrogens is 322 g/mol. The third-order valence-corrected chi connectivity index (χ3v) is 5.47. The molecule has 0 saturated carbocycles. The quantitative estimate of drug-likeness (QED) is 0.893. The fraction of sp³-hybridized carbons (Fsp3) is 0.444. The Hall–Kier alpha value is -1.79. The Morgan fingerprint density at radius 2 is 2.00 bits per heavy atom. The molecule has 128 valence electrons. The molecular formula is C18H23N3O2S. The molecule has 1 fully saturated rings. The molecule has 5 nitrogen and oxygen atoms in total. The molecule has 24 heavy (non-hydrogen) atoms. The van der Waals surface area contributed by atoms with Gasteiger partial charge in [0.25, 0.3) is 5.91 Å². The normalized spacial score (nSPS) is 20.3. The highest BCUT2D eigenvalue weighted by atomic mass is 32.2. The predicted molar refractivity (Wildman–Crippen MR) is 97.0 cm³/mol. The SMILES string of the molecule is Cc1cc(C)cc(-n2nc(C(=O)NC[C@@]3(O)CCSC3)cc2C)c1. The molecule has 1 aromatic carbocycles. The van der Waals surface area contributed by atoms with Crippen LogP contribution in [0, 0.1) is 20.8 Å². The first-order valence-corrected chi connectivity index (χ1v) is 9.25. The van der Waals surface area contributed by atoms with Gasteiger partial charge in [0.15, 0.2) is 5.69 Å². The number of aliphatic hydroxyl groups is 1. The highest BCUT2D eigenvalue weighted by Gasteiger charge is 2.32. The number of hydrogen-bond acceptors (Lipinski definition) is 4. The van der Waals surface area contributed by atoms with E-state index in [1.54, 1.807) is 22.5 Å². The third-order valence-electron chi connectivity index (χ3n) is 4.23. The van der Waals surface area contributed by atoms with Gasteiger partial charge in [-0.05, 0) is 62.3 Å². The number of hydrogen-bond donors (Lipinski definition) is 2. The second-order valence-electron chi connectivity index (χ2n) is 6.64. The molecule has 0 aliphatic carbocycles. The lowest BCUT2D eigenvalue weighted by Gasteiger charge is -2.21. The molecule has 0 bridgehead atoms. The van der Waals surface area contributed by atoms with Gasteiger partial charge < -0.3 is 10.4 Å². The number of rotatable bonds is 4.